The highest BCUT2D eigenvalue weighted by Crippen LogP contribution is 2.34. The Morgan fingerprint density at radius 1 is 1.21 bits per heavy atom. The Labute approximate surface area is 151 Å². The van der Waals surface area contributed by atoms with Gasteiger partial charge < -0.3 is 14.8 Å². The topological polar surface area (TPSA) is 64.6 Å². The van der Waals surface area contributed by atoms with Crippen LogP contribution >= 0.6 is 23.2 Å². The second kappa shape index (κ2) is 8.58. The van der Waals surface area contributed by atoms with Crippen LogP contribution in [0.5, 0.6) is 5.75 Å². The van der Waals surface area contributed by atoms with Gasteiger partial charge in [-0.1, -0.05) is 43.0 Å². The lowest BCUT2D eigenvalue weighted by Crippen LogP contribution is -2.42. The van der Waals surface area contributed by atoms with Crippen LogP contribution in [0.2, 0.25) is 10.0 Å². The van der Waals surface area contributed by atoms with Crippen LogP contribution in [0.3, 0.4) is 0 Å². The van der Waals surface area contributed by atoms with Crippen molar-refractivity contribution in [3.8, 4) is 5.75 Å². The average Bonchev–Trinajstić information content (AvgIpc) is 2.54. The maximum atomic E-state index is 12.0. The van der Waals surface area contributed by atoms with E-state index < -0.39 is 5.97 Å². The number of amides is 1. The van der Waals surface area contributed by atoms with Crippen LogP contribution in [0.4, 0.5) is 0 Å². The maximum Gasteiger partial charge on any atom is 0.338 e. The number of rotatable bonds is 5. The molecule has 1 aliphatic carbocycles. The van der Waals surface area contributed by atoms with E-state index in [-0.39, 0.29) is 34.2 Å². The monoisotopic (exact) mass is 373 g/mol. The second-order valence-corrected chi connectivity index (χ2v) is 6.80. The third-order valence-electron chi connectivity index (χ3n) is 4.23. The lowest BCUT2D eigenvalue weighted by molar-refractivity contribution is -0.125. The van der Waals surface area contributed by atoms with Gasteiger partial charge in [-0.2, -0.15) is 0 Å². The van der Waals surface area contributed by atoms with Crippen molar-refractivity contribution in [3.05, 3.63) is 27.7 Å². The Kier molecular flexibility index (Phi) is 6.75. The van der Waals surface area contributed by atoms with E-state index in [1.165, 1.54) is 25.7 Å². The number of carbonyl (C=O) groups is 2. The molecule has 0 radical (unpaired) electrons. The largest absolute Gasteiger partial charge is 0.494 e. The van der Waals surface area contributed by atoms with Crippen molar-refractivity contribution < 1.29 is 19.1 Å². The van der Waals surface area contributed by atoms with Crippen molar-refractivity contribution in [1.82, 2.24) is 5.32 Å². The summed E-state index contributed by atoms with van der Waals surface area (Å²) in [5, 5.41) is 3.34. The van der Waals surface area contributed by atoms with Gasteiger partial charge in [0.05, 0.1) is 22.7 Å². The zero-order valence-electron chi connectivity index (χ0n) is 13.7. The molecule has 24 heavy (non-hydrogen) atoms. The van der Waals surface area contributed by atoms with Gasteiger partial charge >= 0.3 is 5.97 Å². The number of nitrogens with one attached hydrogen (secondary N) is 1. The molecular weight excluding hydrogens is 353 g/mol. The summed E-state index contributed by atoms with van der Waals surface area (Å²) < 4.78 is 10.1. The molecule has 1 fully saturated rings. The number of ether oxygens (including phenoxy) is 2. The second-order valence-electron chi connectivity index (χ2n) is 5.99. The van der Waals surface area contributed by atoms with Gasteiger partial charge in [-0.15, -0.1) is 0 Å². The van der Waals surface area contributed by atoms with Gasteiger partial charge in [-0.25, -0.2) is 4.79 Å². The number of methoxy groups -OCH3 is 1. The van der Waals surface area contributed by atoms with E-state index in [9.17, 15) is 9.59 Å². The van der Waals surface area contributed by atoms with Crippen LogP contribution in [-0.4, -0.2) is 31.6 Å². The highest BCUT2D eigenvalue weighted by atomic mass is 35.5. The highest BCUT2D eigenvalue weighted by molar-refractivity contribution is 6.37. The highest BCUT2D eigenvalue weighted by Gasteiger charge is 2.23. The molecule has 1 saturated carbocycles. The van der Waals surface area contributed by atoms with Gasteiger partial charge in [-0.3, -0.25) is 4.79 Å². The zero-order chi connectivity index (χ0) is 17.7. The summed E-state index contributed by atoms with van der Waals surface area (Å²) in [5.41, 5.74) is 0.171. The van der Waals surface area contributed by atoms with E-state index in [0.717, 1.165) is 19.3 Å². The molecule has 7 heteroatoms. The predicted octanol–water partition coefficient (Wildman–Crippen LogP) is 3.85. The van der Waals surface area contributed by atoms with Crippen LogP contribution < -0.4 is 10.1 Å². The van der Waals surface area contributed by atoms with Crippen LogP contribution in [0, 0.1) is 5.92 Å². The van der Waals surface area contributed by atoms with Crippen molar-refractivity contribution in [1.29, 1.82) is 0 Å². The third kappa shape index (κ3) is 4.77. The minimum Gasteiger partial charge on any atom is -0.494 e. The predicted molar refractivity (Wildman–Crippen MR) is 92.9 cm³/mol. The molecule has 0 spiro atoms. The molecule has 0 unspecified atom stereocenters. The quantitative estimate of drug-likeness (QED) is 0.795. The SMILES string of the molecule is COc1c(Cl)cc(C(=O)OCC(=O)N[C@H]2CCCC[C@@H]2C)cc1Cl. The number of benzene rings is 1. The van der Waals surface area contributed by atoms with Crippen molar-refractivity contribution in [2.45, 2.75) is 38.6 Å². The van der Waals surface area contributed by atoms with Gasteiger partial charge in [0.15, 0.2) is 12.4 Å². The van der Waals surface area contributed by atoms with Gasteiger partial charge in [0, 0.05) is 6.04 Å². The minimum absolute atomic E-state index is 0.148. The Balaban J connectivity index is 1.89. The molecule has 2 rings (SSSR count). The molecule has 0 heterocycles. The molecule has 0 saturated heterocycles. The smallest absolute Gasteiger partial charge is 0.338 e. The fourth-order valence-corrected chi connectivity index (χ4v) is 3.51. The summed E-state index contributed by atoms with van der Waals surface area (Å²) in [6, 6.07) is 2.95. The number of esters is 1. The average molecular weight is 374 g/mol. The standard InChI is InChI=1S/C17H21Cl2NO4/c1-10-5-3-4-6-14(10)20-15(21)9-24-17(22)11-7-12(18)16(23-2)13(19)8-11/h7-8,10,14H,3-6,9H2,1-2H3,(H,20,21)/t10-,14-/m0/s1. The van der Waals surface area contributed by atoms with Crippen molar-refractivity contribution >= 4 is 35.1 Å². The minimum atomic E-state index is -0.659. The van der Waals surface area contributed by atoms with Crippen LogP contribution in [0.25, 0.3) is 0 Å². The van der Waals surface area contributed by atoms with Gasteiger partial charge in [0.2, 0.25) is 0 Å². The lowest BCUT2D eigenvalue weighted by atomic mass is 9.86. The maximum absolute atomic E-state index is 12.0. The molecule has 2 atom stereocenters. The molecule has 1 aromatic rings. The molecule has 0 aromatic heterocycles. The number of hydrogen-bond donors (Lipinski definition) is 1. The van der Waals surface area contributed by atoms with Gasteiger partial charge in [-0.05, 0) is 30.9 Å². The fraction of sp³-hybridized carbons (Fsp3) is 0.529. The summed E-state index contributed by atoms with van der Waals surface area (Å²) in [5.74, 6) is -0.224. The molecule has 0 bridgehead atoms. The molecular formula is C17H21Cl2NO4. The summed E-state index contributed by atoms with van der Waals surface area (Å²) in [7, 11) is 1.43. The Bertz CT molecular complexity index is 598. The lowest BCUT2D eigenvalue weighted by Gasteiger charge is -2.29. The first-order chi connectivity index (χ1) is 11.4. The Morgan fingerprint density at radius 3 is 2.42 bits per heavy atom. The molecule has 132 valence electrons. The fourth-order valence-electron chi connectivity index (χ4n) is 2.87. The van der Waals surface area contributed by atoms with Crippen molar-refractivity contribution in [3.63, 3.8) is 0 Å². The first-order valence-corrected chi connectivity index (χ1v) is 8.67. The van der Waals surface area contributed by atoms with Gasteiger partial charge in [0.1, 0.15) is 0 Å². The van der Waals surface area contributed by atoms with E-state index in [0.29, 0.717) is 11.7 Å². The normalized spacial score (nSPS) is 20.3. The molecule has 1 amide bonds. The Morgan fingerprint density at radius 2 is 1.83 bits per heavy atom. The van der Waals surface area contributed by atoms with Crippen LogP contribution in [0.1, 0.15) is 43.0 Å². The molecule has 1 aromatic carbocycles. The van der Waals surface area contributed by atoms with E-state index in [2.05, 4.69) is 12.2 Å². The summed E-state index contributed by atoms with van der Waals surface area (Å²) in [6.45, 7) is 1.79. The number of hydrogen-bond acceptors (Lipinski definition) is 4. The molecule has 1 aliphatic rings. The van der Waals surface area contributed by atoms with Crippen molar-refractivity contribution in [2.24, 2.45) is 5.92 Å². The third-order valence-corrected chi connectivity index (χ3v) is 4.79. The van der Waals surface area contributed by atoms with Gasteiger partial charge in [0.25, 0.3) is 5.91 Å². The Hall–Kier alpha value is -1.46. The van der Waals surface area contributed by atoms with E-state index in [4.69, 9.17) is 32.7 Å². The summed E-state index contributed by atoms with van der Waals surface area (Å²) >= 11 is 12.0. The summed E-state index contributed by atoms with van der Waals surface area (Å²) in [4.78, 5) is 24.0. The van der Waals surface area contributed by atoms with E-state index in [1.807, 2.05) is 0 Å². The molecule has 5 nitrogen and oxygen atoms in total. The molecule has 0 aliphatic heterocycles. The van der Waals surface area contributed by atoms with E-state index in [1.54, 1.807) is 0 Å². The zero-order valence-corrected chi connectivity index (χ0v) is 15.2. The van der Waals surface area contributed by atoms with Crippen LogP contribution in [0.15, 0.2) is 12.1 Å². The first kappa shape index (κ1) is 18.9. The number of halogens is 2. The molecule has 1 N–H and O–H groups in total. The first-order valence-electron chi connectivity index (χ1n) is 7.92. The number of carbonyl (C=O) groups excluding carboxylic acids is 2. The summed E-state index contributed by atoms with van der Waals surface area (Å²) in [6.07, 6.45) is 4.37. The van der Waals surface area contributed by atoms with Crippen molar-refractivity contribution in [2.75, 3.05) is 13.7 Å². The van der Waals surface area contributed by atoms with E-state index >= 15 is 0 Å². The van der Waals surface area contributed by atoms with Crippen LogP contribution in [-0.2, 0) is 9.53 Å².